The Morgan fingerprint density at radius 1 is 1.55 bits per heavy atom. The lowest BCUT2D eigenvalue weighted by Crippen LogP contribution is -2.44. The van der Waals surface area contributed by atoms with Crippen molar-refractivity contribution in [2.24, 2.45) is 0 Å². The fourth-order valence-corrected chi connectivity index (χ4v) is 2.26. The molecular weight excluding hydrogens is 256 g/mol. The topological polar surface area (TPSA) is 64.8 Å². The van der Waals surface area contributed by atoms with Crippen molar-refractivity contribution in [3.8, 4) is 0 Å². The minimum absolute atomic E-state index is 0.0568. The maximum Gasteiger partial charge on any atom is 0.340 e. The zero-order chi connectivity index (χ0) is 14.5. The molecule has 110 valence electrons. The van der Waals surface area contributed by atoms with E-state index < -0.39 is 0 Å². The van der Waals surface area contributed by atoms with Crippen LogP contribution in [0.5, 0.6) is 0 Å². The van der Waals surface area contributed by atoms with Crippen molar-refractivity contribution in [2.75, 3.05) is 38.6 Å². The Morgan fingerprint density at radius 2 is 2.35 bits per heavy atom. The Bertz CT molecular complexity index is 476. The standard InChI is InChI=1S/C15H22N2O3/c1-3-17-6-7-19-12(9-17)10-20-15(18)13-8-11(2)4-5-14(13)16/h4-5,8,12H,3,6-7,9-10,16H2,1-2H3. The predicted molar refractivity (Wildman–Crippen MR) is 77.7 cm³/mol. The van der Waals surface area contributed by atoms with Gasteiger partial charge in [-0.05, 0) is 25.6 Å². The number of rotatable bonds is 4. The number of anilines is 1. The van der Waals surface area contributed by atoms with Gasteiger partial charge >= 0.3 is 5.97 Å². The molecule has 0 amide bonds. The monoisotopic (exact) mass is 278 g/mol. The molecule has 0 bridgehead atoms. The van der Waals surface area contributed by atoms with Gasteiger partial charge in [0.2, 0.25) is 0 Å². The first kappa shape index (κ1) is 14.8. The summed E-state index contributed by atoms with van der Waals surface area (Å²) >= 11 is 0. The van der Waals surface area contributed by atoms with Crippen molar-refractivity contribution >= 4 is 11.7 Å². The van der Waals surface area contributed by atoms with Crippen LogP contribution in [0.2, 0.25) is 0 Å². The van der Waals surface area contributed by atoms with Gasteiger partial charge in [0.05, 0.1) is 12.2 Å². The molecular formula is C15H22N2O3. The molecule has 1 unspecified atom stereocenters. The first-order valence-corrected chi connectivity index (χ1v) is 6.97. The quantitative estimate of drug-likeness (QED) is 0.667. The molecule has 0 spiro atoms. The van der Waals surface area contributed by atoms with Gasteiger partial charge in [-0.25, -0.2) is 4.79 Å². The van der Waals surface area contributed by atoms with E-state index in [2.05, 4.69) is 11.8 Å². The van der Waals surface area contributed by atoms with E-state index in [0.29, 0.717) is 17.9 Å². The number of aryl methyl sites for hydroxylation is 1. The number of morpholine rings is 1. The van der Waals surface area contributed by atoms with Crippen LogP contribution in [0, 0.1) is 6.92 Å². The van der Waals surface area contributed by atoms with Crippen molar-refractivity contribution in [3.05, 3.63) is 29.3 Å². The van der Waals surface area contributed by atoms with E-state index in [1.807, 2.05) is 13.0 Å². The number of carbonyl (C=O) groups is 1. The number of hydrogen-bond donors (Lipinski definition) is 1. The molecule has 0 aliphatic carbocycles. The fourth-order valence-electron chi connectivity index (χ4n) is 2.26. The molecule has 5 heteroatoms. The third-order valence-corrected chi connectivity index (χ3v) is 3.50. The fraction of sp³-hybridized carbons (Fsp3) is 0.533. The summed E-state index contributed by atoms with van der Waals surface area (Å²) in [5.74, 6) is -0.386. The SMILES string of the molecule is CCN1CCOC(COC(=O)c2cc(C)ccc2N)C1. The van der Waals surface area contributed by atoms with Crippen molar-refractivity contribution in [3.63, 3.8) is 0 Å². The number of likely N-dealkylation sites (N-methyl/N-ethyl adjacent to an activating group) is 1. The van der Waals surface area contributed by atoms with Gasteiger partial charge < -0.3 is 15.2 Å². The zero-order valence-electron chi connectivity index (χ0n) is 12.1. The third kappa shape index (κ3) is 3.71. The minimum Gasteiger partial charge on any atom is -0.459 e. The van der Waals surface area contributed by atoms with Gasteiger partial charge in [0.15, 0.2) is 0 Å². The molecule has 1 atom stereocenters. The number of esters is 1. The summed E-state index contributed by atoms with van der Waals surface area (Å²) in [7, 11) is 0. The van der Waals surface area contributed by atoms with E-state index in [0.717, 1.165) is 25.2 Å². The Hall–Kier alpha value is -1.59. The molecule has 2 N–H and O–H groups in total. The second-order valence-corrected chi connectivity index (χ2v) is 5.08. The van der Waals surface area contributed by atoms with E-state index in [9.17, 15) is 4.79 Å². The molecule has 1 aromatic carbocycles. The van der Waals surface area contributed by atoms with E-state index in [-0.39, 0.29) is 18.7 Å². The number of hydrogen-bond acceptors (Lipinski definition) is 5. The van der Waals surface area contributed by atoms with Crippen LogP contribution in [0.15, 0.2) is 18.2 Å². The molecule has 1 aliphatic rings. The summed E-state index contributed by atoms with van der Waals surface area (Å²) in [6.07, 6.45) is -0.0568. The summed E-state index contributed by atoms with van der Waals surface area (Å²) < 4.78 is 10.9. The number of nitrogens with zero attached hydrogens (tertiary/aromatic N) is 1. The molecule has 1 aromatic rings. The van der Waals surface area contributed by atoms with Gasteiger partial charge in [-0.2, -0.15) is 0 Å². The molecule has 5 nitrogen and oxygen atoms in total. The van der Waals surface area contributed by atoms with Crippen LogP contribution in [-0.4, -0.2) is 49.8 Å². The maximum atomic E-state index is 12.0. The molecule has 1 heterocycles. The molecule has 1 fully saturated rings. The molecule has 0 radical (unpaired) electrons. The van der Waals surface area contributed by atoms with Gasteiger partial charge in [0.25, 0.3) is 0 Å². The van der Waals surface area contributed by atoms with Crippen molar-refractivity contribution < 1.29 is 14.3 Å². The predicted octanol–water partition coefficient (Wildman–Crippen LogP) is 1.45. The highest BCUT2D eigenvalue weighted by molar-refractivity contribution is 5.95. The van der Waals surface area contributed by atoms with Crippen LogP contribution in [-0.2, 0) is 9.47 Å². The molecule has 2 rings (SSSR count). The molecule has 0 aromatic heterocycles. The van der Waals surface area contributed by atoms with Gasteiger partial charge in [-0.3, -0.25) is 4.90 Å². The highest BCUT2D eigenvalue weighted by atomic mass is 16.6. The molecule has 1 aliphatic heterocycles. The van der Waals surface area contributed by atoms with E-state index >= 15 is 0 Å². The normalized spacial score (nSPS) is 19.8. The van der Waals surface area contributed by atoms with Crippen molar-refractivity contribution in [1.82, 2.24) is 4.90 Å². The van der Waals surface area contributed by atoms with Crippen molar-refractivity contribution in [2.45, 2.75) is 20.0 Å². The van der Waals surface area contributed by atoms with Crippen LogP contribution in [0.3, 0.4) is 0 Å². The highest BCUT2D eigenvalue weighted by Crippen LogP contribution is 2.15. The van der Waals surface area contributed by atoms with Gasteiger partial charge in [-0.15, -0.1) is 0 Å². The lowest BCUT2D eigenvalue weighted by molar-refractivity contribution is -0.0578. The Kier molecular flexibility index (Phi) is 4.98. The summed E-state index contributed by atoms with van der Waals surface area (Å²) in [6, 6.07) is 5.34. The number of nitrogens with two attached hydrogens (primary N) is 1. The summed E-state index contributed by atoms with van der Waals surface area (Å²) in [6.45, 7) is 7.70. The average molecular weight is 278 g/mol. The first-order valence-electron chi connectivity index (χ1n) is 6.97. The van der Waals surface area contributed by atoms with Crippen LogP contribution in [0.1, 0.15) is 22.8 Å². The number of nitrogen functional groups attached to an aromatic ring is 1. The van der Waals surface area contributed by atoms with E-state index in [1.165, 1.54) is 0 Å². The van der Waals surface area contributed by atoms with Crippen LogP contribution in [0.25, 0.3) is 0 Å². The lowest BCUT2D eigenvalue weighted by atomic mass is 10.1. The highest BCUT2D eigenvalue weighted by Gasteiger charge is 2.21. The largest absolute Gasteiger partial charge is 0.459 e. The molecule has 0 saturated carbocycles. The summed E-state index contributed by atoms with van der Waals surface area (Å²) in [5, 5.41) is 0. The van der Waals surface area contributed by atoms with Gasteiger partial charge in [-0.1, -0.05) is 18.6 Å². The Labute approximate surface area is 119 Å². The third-order valence-electron chi connectivity index (χ3n) is 3.50. The van der Waals surface area contributed by atoms with Crippen LogP contribution < -0.4 is 5.73 Å². The maximum absolute atomic E-state index is 12.0. The van der Waals surface area contributed by atoms with E-state index in [4.69, 9.17) is 15.2 Å². The minimum atomic E-state index is -0.386. The first-order chi connectivity index (χ1) is 9.60. The lowest BCUT2D eigenvalue weighted by Gasteiger charge is -2.31. The van der Waals surface area contributed by atoms with Gasteiger partial charge in [0.1, 0.15) is 12.7 Å². The van der Waals surface area contributed by atoms with Crippen LogP contribution >= 0.6 is 0 Å². The summed E-state index contributed by atoms with van der Waals surface area (Å²) in [5.41, 5.74) is 7.65. The zero-order valence-corrected chi connectivity index (χ0v) is 12.1. The second-order valence-electron chi connectivity index (χ2n) is 5.08. The number of carbonyl (C=O) groups excluding carboxylic acids is 1. The number of ether oxygens (including phenoxy) is 2. The smallest absolute Gasteiger partial charge is 0.340 e. The number of benzene rings is 1. The second kappa shape index (κ2) is 6.72. The van der Waals surface area contributed by atoms with Crippen LogP contribution in [0.4, 0.5) is 5.69 Å². The van der Waals surface area contributed by atoms with E-state index in [1.54, 1.807) is 12.1 Å². The Balaban J connectivity index is 1.90. The molecule has 20 heavy (non-hydrogen) atoms. The molecule has 1 saturated heterocycles. The average Bonchev–Trinajstić information content (AvgIpc) is 2.47. The van der Waals surface area contributed by atoms with Crippen molar-refractivity contribution in [1.29, 1.82) is 0 Å². The van der Waals surface area contributed by atoms with Gasteiger partial charge in [0, 0.05) is 18.8 Å². The summed E-state index contributed by atoms with van der Waals surface area (Å²) in [4.78, 5) is 14.3. The Morgan fingerprint density at radius 3 is 3.10 bits per heavy atom.